The second-order valence-corrected chi connectivity index (χ2v) is 4.87. The normalized spacial score (nSPS) is 23.8. The van der Waals surface area contributed by atoms with Crippen LogP contribution in [0.15, 0.2) is 0 Å². The molecule has 1 rings (SSSR count). The van der Waals surface area contributed by atoms with Gasteiger partial charge in [0.2, 0.25) is 0 Å². The van der Waals surface area contributed by atoms with E-state index in [1.165, 1.54) is 0 Å². The van der Waals surface area contributed by atoms with Crippen molar-refractivity contribution >= 4 is 12.0 Å². The third-order valence-electron chi connectivity index (χ3n) is 3.33. The van der Waals surface area contributed by atoms with Crippen LogP contribution in [0.1, 0.15) is 40.0 Å². The summed E-state index contributed by atoms with van der Waals surface area (Å²) in [5.74, 6) is -1.05. The molecule has 0 aliphatic heterocycles. The highest BCUT2D eigenvalue weighted by molar-refractivity contribution is 5.75. The van der Waals surface area contributed by atoms with Gasteiger partial charge in [0.1, 0.15) is 0 Å². The quantitative estimate of drug-likeness (QED) is 0.788. The Hall–Kier alpha value is -1.26. The molecular formula is C12H22N2O3. The van der Waals surface area contributed by atoms with Gasteiger partial charge in [0.25, 0.3) is 0 Å². The largest absolute Gasteiger partial charge is 0.481 e. The zero-order valence-electron chi connectivity index (χ0n) is 10.8. The number of carboxylic acids is 1. The van der Waals surface area contributed by atoms with Crippen LogP contribution in [0, 0.1) is 5.92 Å². The fraction of sp³-hybridized carbons (Fsp3) is 0.833. The van der Waals surface area contributed by atoms with Gasteiger partial charge in [-0.3, -0.25) is 4.79 Å². The van der Waals surface area contributed by atoms with E-state index >= 15 is 0 Å². The molecule has 2 N–H and O–H groups in total. The monoisotopic (exact) mass is 242 g/mol. The molecule has 1 aliphatic carbocycles. The molecule has 0 aromatic heterocycles. The third-order valence-corrected chi connectivity index (χ3v) is 3.33. The predicted octanol–water partition coefficient (Wildman–Crippen LogP) is 1.68. The highest BCUT2D eigenvalue weighted by Gasteiger charge is 2.31. The van der Waals surface area contributed by atoms with Gasteiger partial charge in [0.15, 0.2) is 0 Å². The van der Waals surface area contributed by atoms with E-state index in [4.69, 9.17) is 5.11 Å². The van der Waals surface area contributed by atoms with Gasteiger partial charge in [-0.15, -0.1) is 0 Å². The SMILES string of the molecule is CCN(C(=O)NC1CCC(C(=O)O)C1)C(C)C. The Kier molecular flexibility index (Phi) is 4.78. The highest BCUT2D eigenvalue weighted by atomic mass is 16.4. The molecule has 17 heavy (non-hydrogen) atoms. The van der Waals surface area contributed by atoms with E-state index in [1.807, 2.05) is 20.8 Å². The first-order chi connectivity index (χ1) is 7.95. The van der Waals surface area contributed by atoms with Crippen LogP contribution < -0.4 is 5.32 Å². The highest BCUT2D eigenvalue weighted by Crippen LogP contribution is 2.25. The maximum absolute atomic E-state index is 11.9. The summed E-state index contributed by atoms with van der Waals surface area (Å²) in [5.41, 5.74) is 0. The van der Waals surface area contributed by atoms with E-state index in [9.17, 15) is 9.59 Å². The van der Waals surface area contributed by atoms with Crippen molar-refractivity contribution in [3.05, 3.63) is 0 Å². The Morgan fingerprint density at radius 2 is 2.06 bits per heavy atom. The van der Waals surface area contributed by atoms with Gasteiger partial charge in [0, 0.05) is 18.6 Å². The Morgan fingerprint density at radius 3 is 2.47 bits per heavy atom. The Balaban J connectivity index is 2.45. The molecule has 98 valence electrons. The average Bonchev–Trinajstić information content (AvgIpc) is 2.66. The molecule has 5 nitrogen and oxygen atoms in total. The summed E-state index contributed by atoms with van der Waals surface area (Å²) in [6.07, 6.45) is 1.98. The first-order valence-electron chi connectivity index (χ1n) is 6.25. The molecule has 1 aliphatic rings. The molecule has 2 amide bonds. The van der Waals surface area contributed by atoms with Crippen LogP contribution in [-0.4, -0.2) is 40.6 Å². The van der Waals surface area contributed by atoms with Crippen LogP contribution in [0.2, 0.25) is 0 Å². The number of urea groups is 1. The number of carbonyl (C=O) groups excluding carboxylic acids is 1. The lowest BCUT2D eigenvalue weighted by Gasteiger charge is -2.27. The lowest BCUT2D eigenvalue weighted by Crippen LogP contribution is -2.47. The van der Waals surface area contributed by atoms with Crippen molar-refractivity contribution in [3.8, 4) is 0 Å². The number of carboxylic acid groups (broad SMARTS) is 1. The molecule has 2 atom stereocenters. The van der Waals surface area contributed by atoms with E-state index in [0.29, 0.717) is 19.4 Å². The van der Waals surface area contributed by atoms with Crippen molar-refractivity contribution < 1.29 is 14.7 Å². The van der Waals surface area contributed by atoms with Crippen LogP contribution in [0.4, 0.5) is 4.79 Å². The Morgan fingerprint density at radius 1 is 1.41 bits per heavy atom. The molecule has 2 unspecified atom stereocenters. The standard InChI is InChI=1S/C12H22N2O3/c1-4-14(8(2)3)12(17)13-10-6-5-9(7-10)11(15)16/h8-10H,4-7H2,1-3H3,(H,13,17)(H,15,16). The second kappa shape index (κ2) is 5.89. The van der Waals surface area contributed by atoms with E-state index < -0.39 is 5.97 Å². The number of hydrogen-bond donors (Lipinski definition) is 2. The van der Waals surface area contributed by atoms with Crippen molar-refractivity contribution in [2.24, 2.45) is 5.92 Å². The maximum atomic E-state index is 11.9. The molecule has 0 radical (unpaired) electrons. The van der Waals surface area contributed by atoms with Crippen LogP contribution in [0.5, 0.6) is 0 Å². The van der Waals surface area contributed by atoms with Crippen molar-refractivity contribution in [1.29, 1.82) is 0 Å². The molecule has 0 saturated heterocycles. The molecular weight excluding hydrogens is 220 g/mol. The first-order valence-corrected chi connectivity index (χ1v) is 6.25. The summed E-state index contributed by atoms with van der Waals surface area (Å²) >= 11 is 0. The Bertz CT molecular complexity index is 291. The van der Waals surface area contributed by atoms with Crippen molar-refractivity contribution in [2.75, 3.05) is 6.54 Å². The number of amides is 2. The lowest BCUT2D eigenvalue weighted by molar-refractivity contribution is -0.141. The van der Waals surface area contributed by atoms with Gasteiger partial charge in [-0.05, 0) is 40.0 Å². The van der Waals surface area contributed by atoms with Gasteiger partial charge in [-0.1, -0.05) is 0 Å². The molecule has 1 saturated carbocycles. The van der Waals surface area contributed by atoms with Crippen molar-refractivity contribution in [2.45, 2.75) is 52.1 Å². The van der Waals surface area contributed by atoms with Crippen molar-refractivity contribution in [3.63, 3.8) is 0 Å². The van der Waals surface area contributed by atoms with E-state index in [1.54, 1.807) is 4.90 Å². The van der Waals surface area contributed by atoms with Gasteiger partial charge in [0.05, 0.1) is 5.92 Å². The third kappa shape index (κ3) is 3.61. The molecule has 0 aromatic carbocycles. The van der Waals surface area contributed by atoms with Crippen LogP contribution in [-0.2, 0) is 4.79 Å². The number of carbonyl (C=O) groups is 2. The summed E-state index contributed by atoms with van der Waals surface area (Å²) < 4.78 is 0. The van der Waals surface area contributed by atoms with Gasteiger partial charge in [-0.25, -0.2) is 4.79 Å². The molecule has 0 aromatic rings. The number of nitrogens with one attached hydrogen (secondary N) is 1. The molecule has 0 heterocycles. The molecule has 1 fully saturated rings. The lowest BCUT2D eigenvalue weighted by atomic mass is 10.1. The summed E-state index contributed by atoms with van der Waals surface area (Å²) in [6.45, 7) is 6.54. The smallest absolute Gasteiger partial charge is 0.317 e. The first kappa shape index (κ1) is 13.8. The van der Waals surface area contributed by atoms with Crippen molar-refractivity contribution in [1.82, 2.24) is 10.2 Å². The fourth-order valence-electron chi connectivity index (χ4n) is 2.34. The minimum absolute atomic E-state index is 0.0106. The molecule has 0 bridgehead atoms. The average molecular weight is 242 g/mol. The van der Waals surface area contributed by atoms with E-state index in [0.717, 1.165) is 6.42 Å². The topological polar surface area (TPSA) is 69.6 Å². The van der Waals surface area contributed by atoms with E-state index in [-0.39, 0.29) is 24.0 Å². The summed E-state index contributed by atoms with van der Waals surface area (Å²) in [6, 6.07) is 0.0895. The number of hydrogen-bond acceptors (Lipinski definition) is 2. The Labute approximate surface area is 102 Å². The number of rotatable bonds is 4. The minimum Gasteiger partial charge on any atom is -0.481 e. The fourth-order valence-corrected chi connectivity index (χ4v) is 2.34. The van der Waals surface area contributed by atoms with Gasteiger partial charge >= 0.3 is 12.0 Å². The zero-order chi connectivity index (χ0) is 13.0. The molecule has 5 heteroatoms. The summed E-state index contributed by atoms with van der Waals surface area (Å²) in [7, 11) is 0. The van der Waals surface area contributed by atoms with Gasteiger partial charge < -0.3 is 15.3 Å². The van der Waals surface area contributed by atoms with Crippen LogP contribution in [0.3, 0.4) is 0 Å². The molecule has 0 spiro atoms. The van der Waals surface area contributed by atoms with Crippen LogP contribution >= 0.6 is 0 Å². The number of aliphatic carboxylic acids is 1. The number of nitrogens with zero attached hydrogens (tertiary/aromatic N) is 1. The van der Waals surface area contributed by atoms with Crippen LogP contribution in [0.25, 0.3) is 0 Å². The summed E-state index contributed by atoms with van der Waals surface area (Å²) in [4.78, 5) is 24.5. The van der Waals surface area contributed by atoms with Gasteiger partial charge in [-0.2, -0.15) is 0 Å². The zero-order valence-corrected chi connectivity index (χ0v) is 10.8. The van der Waals surface area contributed by atoms with E-state index in [2.05, 4.69) is 5.32 Å². The second-order valence-electron chi connectivity index (χ2n) is 4.87. The minimum atomic E-state index is -0.752. The summed E-state index contributed by atoms with van der Waals surface area (Å²) in [5, 5.41) is 11.8. The predicted molar refractivity (Wildman–Crippen MR) is 64.8 cm³/mol. The maximum Gasteiger partial charge on any atom is 0.317 e.